The molecule has 0 aliphatic rings. The van der Waals surface area contributed by atoms with Crippen molar-refractivity contribution in [3.63, 3.8) is 0 Å². The Labute approximate surface area is 115 Å². The molecule has 0 saturated heterocycles. The van der Waals surface area contributed by atoms with Crippen molar-refractivity contribution in [1.82, 2.24) is 10.2 Å². The lowest BCUT2D eigenvalue weighted by Gasteiger charge is -2.18. The highest BCUT2D eigenvalue weighted by Crippen LogP contribution is 2.25. The molecule has 1 atom stereocenters. The van der Waals surface area contributed by atoms with Gasteiger partial charge in [-0.2, -0.15) is 5.10 Å². The van der Waals surface area contributed by atoms with E-state index >= 15 is 0 Å². The summed E-state index contributed by atoms with van der Waals surface area (Å²) in [7, 11) is -1.04. The van der Waals surface area contributed by atoms with Crippen LogP contribution in [0.1, 0.15) is 18.7 Å². The Morgan fingerprint density at radius 2 is 2.11 bits per heavy atom. The zero-order valence-electron chi connectivity index (χ0n) is 12.2. The Morgan fingerprint density at radius 3 is 2.79 bits per heavy atom. The van der Waals surface area contributed by atoms with Crippen LogP contribution in [0.2, 0.25) is 25.7 Å². The average Bonchev–Trinajstić information content (AvgIpc) is 2.69. The Hall–Kier alpha value is -1.33. The number of aromatic nitrogens is 2. The summed E-state index contributed by atoms with van der Waals surface area (Å²) in [5.41, 5.74) is 8.42. The molecule has 1 heterocycles. The molecule has 0 saturated carbocycles. The molecule has 19 heavy (non-hydrogen) atoms. The van der Waals surface area contributed by atoms with Gasteiger partial charge in [-0.15, -0.1) is 0 Å². The standard InChI is InChI=1S/C14H23N3OSi/c1-10(18-7-8-19(2,3)4)14-12-6-5-11(15)9-13(12)16-17-14/h5-6,9-10H,7-8,15H2,1-4H3,(H,16,17). The molecular formula is C14H23N3OSi. The van der Waals surface area contributed by atoms with Crippen molar-refractivity contribution in [1.29, 1.82) is 0 Å². The molecule has 0 aliphatic carbocycles. The number of aromatic amines is 1. The van der Waals surface area contributed by atoms with Gasteiger partial charge in [-0.3, -0.25) is 5.10 Å². The molecule has 0 spiro atoms. The van der Waals surface area contributed by atoms with Crippen molar-refractivity contribution < 1.29 is 4.74 Å². The lowest BCUT2D eigenvalue weighted by Crippen LogP contribution is -2.22. The van der Waals surface area contributed by atoms with Gasteiger partial charge in [0, 0.05) is 25.8 Å². The lowest BCUT2D eigenvalue weighted by molar-refractivity contribution is 0.0737. The minimum Gasteiger partial charge on any atom is -0.399 e. The number of nitrogens with one attached hydrogen (secondary N) is 1. The van der Waals surface area contributed by atoms with Crippen LogP contribution in [-0.4, -0.2) is 24.9 Å². The van der Waals surface area contributed by atoms with Gasteiger partial charge in [0.2, 0.25) is 0 Å². The SMILES string of the molecule is CC(OCC[Si](C)(C)C)c1[nH]nc2cc(N)ccc12. The Kier molecular flexibility index (Phi) is 3.96. The first-order valence-electron chi connectivity index (χ1n) is 6.72. The van der Waals surface area contributed by atoms with Crippen LogP contribution in [0.5, 0.6) is 0 Å². The maximum atomic E-state index is 5.93. The summed E-state index contributed by atoms with van der Waals surface area (Å²) < 4.78 is 5.93. The minimum absolute atomic E-state index is 0.0324. The number of rotatable bonds is 5. The van der Waals surface area contributed by atoms with Crippen molar-refractivity contribution in [2.75, 3.05) is 12.3 Å². The van der Waals surface area contributed by atoms with E-state index in [2.05, 4.69) is 36.8 Å². The third-order valence-corrected chi connectivity index (χ3v) is 4.94. The molecule has 5 heteroatoms. The second-order valence-corrected chi connectivity index (χ2v) is 11.9. The molecule has 2 rings (SSSR count). The second kappa shape index (κ2) is 5.34. The number of ether oxygens (including phenoxy) is 1. The van der Waals surface area contributed by atoms with Gasteiger partial charge in [0.1, 0.15) is 0 Å². The molecular weight excluding hydrogens is 254 g/mol. The van der Waals surface area contributed by atoms with Crippen LogP contribution in [0, 0.1) is 0 Å². The van der Waals surface area contributed by atoms with Crippen LogP contribution in [0.4, 0.5) is 5.69 Å². The fourth-order valence-electron chi connectivity index (χ4n) is 1.98. The van der Waals surface area contributed by atoms with Gasteiger partial charge >= 0.3 is 0 Å². The summed E-state index contributed by atoms with van der Waals surface area (Å²) in [4.78, 5) is 0. The van der Waals surface area contributed by atoms with Gasteiger partial charge in [-0.25, -0.2) is 0 Å². The number of fused-ring (bicyclic) bond motifs is 1. The van der Waals surface area contributed by atoms with Gasteiger partial charge in [0.15, 0.2) is 0 Å². The predicted molar refractivity (Wildman–Crippen MR) is 83.0 cm³/mol. The van der Waals surface area contributed by atoms with Crippen molar-refractivity contribution in [3.8, 4) is 0 Å². The Balaban J connectivity index is 2.07. The maximum Gasteiger partial charge on any atom is 0.0966 e. The van der Waals surface area contributed by atoms with Gasteiger partial charge in [0.05, 0.1) is 17.3 Å². The van der Waals surface area contributed by atoms with Crippen molar-refractivity contribution in [3.05, 3.63) is 23.9 Å². The van der Waals surface area contributed by atoms with Crippen LogP contribution < -0.4 is 5.73 Å². The highest BCUT2D eigenvalue weighted by atomic mass is 28.3. The highest BCUT2D eigenvalue weighted by molar-refractivity contribution is 6.76. The number of H-pyrrole nitrogens is 1. The van der Waals surface area contributed by atoms with E-state index in [-0.39, 0.29) is 6.10 Å². The number of nitrogens with zero attached hydrogens (tertiary/aromatic N) is 1. The summed E-state index contributed by atoms with van der Waals surface area (Å²) in [6, 6.07) is 6.96. The Bertz CT molecular complexity index is 559. The molecule has 1 unspecified atom stereocenters. The van der Waals surface area contributed by atoms with Gasteiger partial charge < -0.3 is 10.5 Å². The number of benzene rings is 1. The van der Waals surface area contributed by atoms with Gasteiger partial charge in [-0.1, -0.05) is 19.6 Å². The van der Waals surface area contributed by atoms with Crippen LogP contribution in [0.25, 0.3) is 10.9 Å². The smallest absolute Gasteiger partial charge is 0.0966 e. The lowest BCUT2D eigenvalue weighted by atomic mass is 10.1. The fraction of sp³-hybridized carbons (Fsp3) is 0.500. The minimum atomic E-state index is -1.04. The zero-order chi connectivity index (χ0) is 14.0. The topological polar surface area (TPSA) is 63.9 Å². The number of anilines is 1. The molecule has 1 aromatic heterocycles. The summed E-state index contributed by atoms with van der Waals surface area (Å²) in [5, 5.41) is 8.44. The van der Waals surface area contributed by atoms with Crippen molar-refractivity contribution in [2.24, 2.45) is 0 Å². The third-order valence-electron chi connectivity index (χ3n) is 3.24. The van der Waals surface area contributed by atoms with Crippen LogP contribution in [0.3, 0.4) is 0 Å². The molecule has 104 valence electrons. The van der Waals surface area contributed by atoms with Crippen LogP contribution >= 0.6 is 0 Å². The van der Waals surface area contributed by atoms with E-state index in [4.69, 9.17) is 10.5 Å². The summed E-state index contributed by atoms with van der Waals surface area (Å²) in [6.45, 7) is 9.94. The summed E-state index contributed by atoms with van der Waals surface area (Å²) >= 11 is 0. The van der Waals surface area contributed by atoms with E-state index in [1.807, 2.05) is 18.2 Å². The van der Waals surface area contributed by atoms with E-state index < -0.39 is 8.07 Å². The molecule has 1 aromatic carbocycles. The first-order valence-corrected chi connectivity index (χ1v) is 10.4. The number of hydrogen-bond acceptors (Lipinski definition) is 3. The highest BCUT2D eigenvalue weighted by Gasteiger charge is 2.16. The van der Waals surface area contributed by atoms with E-state index in [1.54, 1.807) is 0 Å². The Morgan fingerprint density at radius 1 is 1.37 bits per heavy atom. The van der Waals surface area contributed by atoms with E-state index in [9.17, 15) is 0 Å². The summed E-state index contributed by atoms with van der Waals surface area (Å²) in [6.07, 6.45) is 0.0324. The average molecular weight is 277 g/mol. The largest absolute Gasteiger partial charge is 0.399 e. The number of nitrogens with two attached hydrogens (primary N) is 1. The molecule has 0 amide bonds. The quantitative estimate of drug-likeness (QED) is 0.649. The molecule has 0 aliphatic heterocycles. The zero-order valence-corrected chi connectivity index (χ0v) is 13.2. The van der Waals surface area contributed by atoms with Crippen molar-refractivity contribution in [2.45, 2.75) is 38.7 Å². The number of hydrogen-bond donors (Lipinski definition) is 2. The van der Waals surface area contributed by atoms with Crippen LogP contribution in [0.15, 0.2) is 18.2 Å². The second-order valence-electron chi connectivity index (χ2n) is 6.24. The fourth-order valence-corrected chi connectivity index (χ4v) is 2.71. The van der Waals surface area contributed by atoms with Crippen molar-refractivity contribution >= 4 is 24.7 Å². The molecule has 0 radical (unpaired) electrons. The van der Waals surface area contributed by atoms with Gasteiger partial charge in [-0.05, 0) is 31.2 Å². The molecule has 0 fully saturated rings. The normalized spacial score (nSPS) is 13.9. The maximum absolute atomic E-state index is 5.93. The van der Waals surface area contributed by atoms with Gasteiger partial charge in [0.25, 0.3) is 0 Å². The summed E-state index contributed by atoms with van der Waals surface area (Å²) in [5.74, 6) is 0. The molecule has 3 N–H and O–H groups in total. The predicted octanol–water partition coefficient (Wildman–Crippen LogP) is 3.56. The number of nitrogen functional groups attached to an aromatic ring is 1. The van der Waals surface area contributed by atoms with E-state index in [0.717, 1.165) is 28.9 Å². The van der Waals surface area contributed by atoms with Crippen LogP contribution in [-0.2, 0) is 4.74 Å². The first-order chi connectivity index (χ1) is 8.87. The molecule has 0 bridgehead atoms. The molecule has 2 aromatic rings. The monoisotopic (exact) mass is 277 g/mol. The van der Waals surface area contributed by atoms with E-state index in [0.29, 0.717) is 0 Å². The molecule has 4 nitrogen and oxygen atoms in total. The van der Waals surface area contributed by atoms with E-state index in [1.165, 1.54) is 6.04 Å². The first kappa shape index (κ1) is 14.1. The third kappa shape index (κ3) is 3.58.